The molecule has 3 nitrogen and oxygen atoms in total. The van der Waals surface area contributed by atoms with E-state index in [-0.39, 0.29) is 6.10 Å². The Morgan fingerprint density at radius 2 is 2.30 bits per heavy atom. The Hall–Kier alpha value is -0.580. The minimum atomic E-state index is 0.283. The molecule has 0 N–H and O–H groups in total. The monoisotopic (exact) mass is 356 g/mol. The minimum absolute atomic E-state index is 0.283. The van der Waals surface area contributed by atoms with Crippen LogP contribution in [0.15, 0.2) is 22.7 Å². The number of ether oxygens (including phenoxy) is 1. The van der Waals surface area contributed by atoms with Gasteiger partial charge in [0, 0.05) is 23.9 Å². The number of halogens is 2. The molecule has 1 aliphatic carbocycles. The van der Waals surface area contributed by atoms with Crippen molar-refractivity contribution in [3.63, 3.8) is 0 Å². The molecule has 2 atom stereocenters. The Morgan fingerprint density at radius 1 is 1.45 bits per heavy atom. The molecule has 1 aromatic heterocycles. The van der Waals surface area contributed by atoms with Crippen molar-refractivity contribution in [2.45, 2.75) is 37.8 Å². The fraction of sp³-hybridized carbons (Fsp3) is 0.533. The first-order valence-electron chi connectivity index (χ1n) is 6.99. The maximum Gasteiger partial charge on any atom is 0.111 e. The van der Waals surface area contributed by atoms with Gasteiger partial charge < -0.3 is 9.30 Å². The number of nitrogens with zero attached hydrogens (tertiary/aromatic N) is 2. The van der Waals surface area contributed by atoms with Crippen LogP contribution in [0.3, 0.4) is 0 Å². The summed E-state index contributed by atoms with van der Waals surface area (Å²) in [5.41, 5.74) is 2.21. The van der Waals surface area contributed by atoms with Crippen LogP contribution in [-0.4, -0.2) is 28.6 Å². The van der Waals surface area contributed by atoms with Gasteiger partial charge in [-0.05, 0) is 37.5 Å². The zero-order valence-electron chi connectivity index (χ0n) is 11.5. The van der Waals surface area contributed by atoms with Crippen molar-refractivity contribution in [2.75, 3.05) is 13.0 Å². The molecule has 1 aromatic carbocycles. The molecule has 1 fully saturated rings. The Balaban J connectivity index is 2.13. The summed E-state index contributed by atoms with van der Waals surface area (Å²) in [6, 6.07) is 6.65. The van der Waals surface area contributed by atoms with Crippen LogP contribution in [0.1, 0.15) is 31.1 Å². The molecule has 0 aliphatic heterocycles. The lowest BCUT2D eigenvalue weighted by Gasteiger charge is -2.22. The summed E-state index contributed by atoms with van der Waals surface area (Å²) < 4.78 is 9.07. The number of alkyl halides is 1. The van der Waals surface area contributed by atoms with E-state index in [1.165, 1.54) is 11.9 Å². The number of methoxy groups -OCH3 is 1. The van der Waals surface area contributed by atoms with Gasteiger partial charge in [0.25, 0.3) is 0 Å². The number of rotatable bonds is 4. The molecule has 1 aliphatic rings. The van der Waals surface area contributed by atoms with Crippen molar-refractivity contribution < 1.29 is 4.74 Å². The molecule has 1 heterocycles. The van der Waals surface area contributed by atoms with E-state index < -0.39 is 0 Å². The number of fused-ring (bicyclic) bond motifs is 1. The van der Waals surface area contributed by atoms with Crippen molar-refractivity contribution in [1.82, 2.24) is 9.55 Å². The van der Waals surface area contributed by atoms with E-state index in [1.807, 2.05) is 0 Å². The zero-order chi connectivity index (χ0) is 14.1. The van der Waals surface area contributed by atoms with Crippen LogP contribution in [0.2, 0.25) is 0 Å². The Labute approximate surface area is 132 Å². The van der Waals surface area contributed by atoms with Crippen LogP contribution in [0.5, 0.6) is 0 Å². The SMILES string of the molecule is COC1CCCC1n1c(CCCl)nc2cc(Br)ccc21. The number of benzene rings is 1. The van der Waals surface area contributed by atoms with Gasteiger partial charge in [-0.3, -0.25) is 0 Å². The molecule has 0 radical (unpaired) electrons. The summed E-state index contributed by atoms with van der Waals surface area (Å²) in [5, 5.41) is 0. The molecule has 20 heavy (non-hydrogen) atoms. The smallest absolute Gasteiger partial charge is 0.111 e. The maximum atomic E-state index is 5.95. The fourth-order valence-electron chi connectivity index (χ4n) is 3.23. The first-order chi connectivity index (χ1) is 9.74. The van der Waals surface area contributed by atoms with Gasteiger partial charge in [0.1, 0.15) is 5.82 Å². The van der Waals surface area contributed by atoms with Gasteiger partial charge in [-0.2, -0.15) is 0 Å². The second kappa shape index (κ2) is 6.04. The molecule has 1 saturated carbocycles. The van der Waals surface area contributed by atoms with Crippen LogP contribution in [-0.2, 0) is 11.2 Å². The molecule has 2 aromatic rings. The van der Waals surface area contributed by atoms with E-state index in [4.69, 9.17) is 21.3 Å². The van der Waals surface area contributed by atoms with Gasteiger partial charge in [-0.15, -0.1) is 11.6 Å². The average Bonchev–Trinajstić information content (AvgIpc) is 3.01. The summed E-state index contributed by atoms with van der Waals surface area (Å²) in [6.45, 7) is 0. The van der Waals surface area contributed by atoms with Crippen LogP contribution >= 0.6 is 27.5 Å². The number of aromatic nitrogens is 2. The van der Waals surface area contributed by atoms with Gasteiger partial charge >= 0.3 is 0 Å². The number of aryl methyl sites for hydroxylation is 1. The van der Waals surface area contributed by atoms with E-state index in [9.17, 15) is 0 Å². The van der Waals surface area contributed by atoms with Crippen LogP contribution in [0.4, 0.5) is 0 Å². The number of imidazole rings is 1. The highest BCUT2D eigenvalue weighted by Gasteiger charge is 2.31. The van der Waals surface area contributed by atoms with E-state index in [2.05, 4.69) is 38.7 Å². The van der Waals surface area contributed by atoms with Crippen molar-refractivity contribution in [3.05, 3.63) is 28.5 Å². The summed E-state index contributed by atoms with van der Waals surface area (Å²) in [6.07, 6.45) is 4.55. The third kappa shape index (κ3) is 2.49. The van der Waals surface area contributed by atoms with E-state index >= 15 is 0 Å². The number of hydrogen-bond donors (Lipinski definition) is 0. The molecule has 3 rings (SSSR count). The number of hydrogen-bond acceptors (Lipinski definition) is 2. The maximum absolute atomic E-state index is 5.95. The Bertz CT molecular complexity index is 613. The van der Waals surface area contributed by atoms with Crippen LogP contribution in [0, 0.1) is 0 Å². The lowest BCUT2D eigenvalue weighted by Crippen LogP contribution is -2.22. The fourth-order valence-corrected chi connectivity index (χ4v) is 3.75. The third-order valence-electron chi connectivity index (χ3n) is 4.09. The van der Waals surface area contributed by atoms with Gasteiger partial charge in [-0.1, -0.05) is 15.9 Å². The van der Waals surface area contributed by atoms with Crippen molar-refractivity contribution in [3.8, 4) is 0 Å². The summed E-state index contributed by atoms with van der Waals surface area (Å²) in [5.74, 6) is 1.66. The van der Waals surface area contributed by atoms with Gasteiger partial charge in [0.05, 0.1) is 23.2 Å². The first-order valence-corrected chi connectivity index (χ1v) is 8.32. The predicted molar refractivity (Wildman–Crippen MR) is 85.5 cm³/mol. The third-order valence-corrected chi connectivity index (χ3v) is 4.78. The second-order valence-corrected chi connectivity index (χ2v) is 6.54. The molecule has 0 amide bonds. The quantitative estimate of drug-likeness (QED) is 0.762. The van der Waals surface area contributed by atoms with Crippen molar-refractivity contribution in [2.24, 2.45) is 0 Å². The van der Waals surface area contributed by atoms with E-state index in [0.29, 0.717) is 11.9 Å². The molecule has 0 saturated heterocycles. The van der Waals surface area contributed by atoms with Gasteiger partial charge in [-0.25, -0.2) is 4.98 Å². The first kappa shape index (κ1) is 14.4. The minimum Gasteiger partial charge on any atom is -0.379 e. The Morgan fingerprint density at radius 3 is 3.05 bits per heavy atom. The normalized spacial score (nSPS) is 22.8. The molecule has 0 spiro atoms. The second-order valence-electron chi connectivity index (χ2n) is 5.24. The highest BCUT2D eigenvalue weighted by Crippen LogP contribution is 2.36. The lowest BCUT2D eigenvalue weighted by molar-refractivity contribution is 0.0753. The van der Waals surface area contributed by atoms with Crippen LogP contribution in [0.25, 0.3) is 11.0 Å². The highest BCUT2D eigenvalue weighted by molar-refractivity contribution is 9.10. The van der Waals surface area contributed by atoms with Crippen molar-refractivity contribution >= 4 is 38.6 Å². The molecule has 0 bridgehead atoms. The summed E-state index contributed by atoms with van der Waals surface area (Å²) in [4.78, 5) is 4.77. The highest BCUT2D eigenvalue weighted by atomic mass is 79.9. The molecular weight excluding hydrogens is 340 g/mol. The predicted octanol–water partition coefficient (Wildman–Crippen LogP) is 4.32. The Kier molecular flexibility index (Phi) is 4.34. The summed E-state index contributed by atoms with van der Waals surface area (Å²) in [7, 11) is 1.81. The van der Waals surface area contributed by atoms with Gasteiger partial charge in [0.2, 0.25) is 0 Å². The standard InChI is InChI=1S/C15H18BrClN2O/c1-20-14-4-2-3-13(14)19-12-6-5-10(16)9-11(12)18-15(19)7-8-17/h5-6,9,13-14H,2-4,7-8H2,1H3. The largest absolute Gasteiger partial charge is 0.379 e. The van der Waals surface area contributed by atoms with Gasteiger partial charge in [0.15, 0.2) is 0 Å². The molecule has 108 valence electrons. The van der Waals surface area contributed by atoms with E-state index in [1.54, 1.807) is 7.11 Å². The summed E-state index contributed by atoms with van der Waals surface area (Å²) >= 11 is 9.46. The van der Waals surface area contributed by atoms with Crippen molar-refractivity contribution in [1.29, 1.82) is 0 Å². The van der Waals surface area contributed by atoms with Crippen LogP contribution < -0.4 is 0 Å². The zero-order valence-corrected chi connectivity index (χ0v) is 13.8. The molecular formula is C15H18BrClN2O. The van der Waals surface area contributed by atoms with E-state index in [0.717, 1.165) is 35.1 Å². The molecule has 2 unspecified atom stereocenters. The lowest BCUT2D eigenvalue weighted by atomic mass is 10.2. The average molecular weight is 358 g/mol. The topological polar surface area (TPSA) is 27.1 Å². The molecule has 5 heteroatoms.